The SMILES string of the molecule is COC(=O)c1ccc(N(C)CCc2ccccn2)c(N)c1. The van der Waals surface area contributed by atoms with Crippen molar-refractivity contribution >= 4 is 17.3 Å². The van der Waals surface area contributed by atoms with Crippen LogP contribution in [0.25, 0.3) is 0 Å². The summed E-state index contributed by atoms with van der Waals surface area (Å²) in [6.45, 7) is 0.790. The van der Waals surface area contributed by atoms with Gasteiger partial charge in [0, 0.05) is 31.9 Å². The summed E-state index contributed by atoms with van der Waals surface area (Å²) in [7, 11) is 3.32. The first-order valence-corrected chi connectivity index (χ1v) is 6.70. The first-order chi connectivity index (χ1) is 10.1. The maximum absolute atomic E-state index is 11.5. The van der Waals surface area contributed by atoms with Crippen molar-refractivity contribution in [3.63, 3.8) is 0 Å². The van der Waals surface area contributed by atoms with Crippen LogP contribution in [-0.4, -0.2) is 31.7 Å². The van der Waals surface area contributed by atoms with Crippen LogP contribution in [0.3, 0.4) is 0 Å². The van der Waals surface area contributed by atoms with Crippen LogP contribution in [-0.2, 0) is 11.2 Å². The number of nitrogens with zero attached hydrogens (tertiary/aromatic N) is 2. The van der Waals surface area contributed by atoms with Gasteiger partial charge in [0.2, 0.25) is 0 Å². The molecule has 2 N–H and O–H groups in total. The average Bonchev–Trinajstić information content (AvgIpc) is 2.52. The van der Waals surface area contributed by atoms with E-state index in [1.807, 2.05) is 36.2 Å². The van der Waals surface area contributed by atoms with Crippen LogP contribution in [0.1, 0.15) is 16.1 Å². The molecule has 5 nitrogen and oxygen atoms in total. The molecule has 0 fully saturated rings. The number of carbonyl (C=O) groups is 1. The molecule has 5 heteroatoms. The third kappa shape index (κ3) is 3.72. The van der Waals surface area contributed by atoms with Crippen molar-refractivity contribution in [3.8, 4) is 0 Å². The molecule has 1 aromatic carbocycles. The van der Waals surface area contributed by atoms with Crippen molar-refractivity contribution in [2.24, 2.45) is 0 Å². The lowest BCUT2D eigenvalue weighted by Crippen LogP contribution is -2.22. The summed E-state index contributed by atoms with van der Waals surface area (Å²) in [4.78, 5) is 17.8. The number of aromatic nitrogens is 1. The van der Waals surface area contributed by atoms with Crippen molar-refractivity contribution in [2.45, 2.75) is 6.42 Å². The second-order valence-corrected chi connectivity index (χ2v) is 4.76. The van der Waals surface area contributed by atoms with E-state index in [-0.39, 0.29) is 5.97 Å². The fourth-order valence-corrected chi connectivity index (χ4v) is 2.10. The number of pyridine rings is 1. The second-order valence-electron chi connectivity index (χ2n) is 4.76. The highest BCUT2D eigenvalue weighted by atomic mass is 16.5. The summed E-state index contributed by atoms with van der Waals surface area (Å²) in [5, 5.41) is 0. The number of hydrogen-bond acceptors (Lipinski definition) is 5. The van der Waals surface area contributed by atoms with Crippen LogP contribution in [0.15, 0.2) is 42.6 Å². The van der Waals surface area contributed by atoms with Gasteiger partial charge in [-0.25, -0.2) is 4.79 Å². The number of nitrogen functional groups attached to an aromatic ring is 1. The van der Waals surface area contributed by atoms with E-state index < -0.39 is 0 Å². The van der Waals surface area contributed by atoms with Crippen LogP contribution in [0.2, 0.25) is 0 Å². The molecule has 21 heavy (non-hydrogen) atoms. The van der Waals surface area contributed by atoms with Crippen molar-refractivity contribution < 1.29 is 9.53 Å². The first kappa shape index (κ1) is 14.8. The Bertz CT molecular complexity index is 614. The molecule has 110 valence electrons. The van der Waals surface area contributed by atoms with E-state index in [9.17, 15) is 4.79 Å². The number of ether oxygens (including phenoxy) is 1. The van der Waals surface area contributed by atoms with Gasteiger partial charge in [-0.05, 0) is 30.3 Å². The Morgan fingerprint density at radius 1 is 1.33 bits per heavy atom. The number of hydrogen-bond donors (Lipinski definition) is 1. The Kier molecular flexibility index (Phi) is 4.77. The van der Waals surface area contributed by atoms with E-state index in [0.29, 0.717) is 11.3 Å². The van der Waals surface area contributed by atoms with Gasteiger partial charge in [0.05, 0.1) is 24.0 Å². The predicted molar refractivity (Wildman–Crippen MR) is 83.4 cm³/mol. The van der Waals surface area contributed by atoms with Gasteiger partial charge in [-0.3, -0.25) is 4.98 Å². The largest absolute Gasteiger partial charge is 0.465 e. The number of carbonyl (C=O) groups excluding carboxylic acids is 1. The lowest BCUT2D eigenvalue weighted by atomic mass is 10.1. The molecule has 0 aliphatic rings. The molecular weight excluding hydrogens is 266 g/mol. The molecule has 0 saturated heterocycles. The third-order valence-corrected chi connectivity index (χ3v) is 3.29. The summed E-state index contributed by atoms with van der Waals surface area (Å²) in [5.41, 5.74) is 8.95. The molecule has 2 rings (SSSR count). The zero-order valence-corrected chi connectivity index (χ0v) is 12.2. The van der Waals surface area contributed by atoms with Gasteiger partial charge < -0.3 is 15.4 Å². The molecule has 0 radical (unpaired) electrons. The minimum absolute atomic E-state index is 0.385. The minimum atomic E-state index is -0.385. The topological polar surface area (TPSA) is 68.5 Å². The monoisotopic (exact) mass is 285 g/mol. The summed E-state index contributed by atoms with van der Waals surface area (Å²) in [5.74, 6) is -0.385. The minimum Gasteiger partial charge on any atom is -0.465 e. The van der Waals surface area contributed by atoms with Crippen molar-refractivity contribution in [1.29, 1.82) is 0 Å². The summed E-state index contributed by atoms with van der Waals surface area (Å²) in [6, 6.07) is 11.1. The lowest BCUT2D eigenvalue weighted by Gasteiger charge is -2.21. The molecule has 0 unspecified atom stereocenters. The molecule has 2 aromatic rings. The number of esters is 1. The molecule has 0 amide bonds. The zero-order chi connectivity index (χ0) is 15.2. The molecule has 1 heterocycles. The van der Waals surface area contributed by atoms with Gasteiger partial charge >= 0.3 is 5.97 Å². The molecule has 1 aromatic heterocycles. The maximum atomic E-state index is 11.5. The Balaban J connectivity index is 2.05. The van der Waals surface area contributed by atoms with E-state index in [2.05, 4.69) is 9.72 Å². The van der Waals surface area contributed by atoms with Crippen LogP contribution in [0.4, 0.5) is 11.4 Å². The van der Waals surface area contributed by atoms with Crippen LogP contribution in [0, 0.1) is 0 Å². The summed E-state index contributed by atoms with van der Waals surface area (Å²) >= 11 is 0. The average molecular weight is 285 g/mol. The molecular formula is C16H19N3O2. The highest BCUT2D eigenvalue weighted by Crippen LogP contribution is 2.23. The predicted octanol–water partition coefficient (Wildman–Crippen LogP) is 2.13. The number of rotatable bonds is 5. The number of likely N-dealkylation sites (N-methyl/N-ethyl adjacent to an activating group) is 1. The van der Waals surface area contributed by atoms with Gasteiger partial charge in [0.15, 0.2) is 0 Å². The summed E-state index contributed by atoms with van der Waals surface area (Å²) < 4.78 is 4.68. The van der Waals surface area contributed by atoms with E-state index in [1.54, 1.807) is 18.3 Å². The normalized spacial score (nSPS) is 10.2. The van der Waals surface area contributed by atoms with Gasteiger partial charge in [-0.15, -0.1) is 0 Å². The van der Waals surface area contributed by atoms with Crippen LogP contribution >= 0.6 is 0 Å². The fourth-order valence-electron chi connectivity index (χ4n) is 2.10. The Morgan fingerprint density at radius 2 is 2.14 bits per heavy atom. The van der Waals surface area contributed by atoms with Crippen molar-refractivity contribution in [2.75, 3.05) is 31.3 Å². The van der Waals surface area contributed by atoms with Gasteiger partial charge in [-0.1, -0.05) is 6.07 Å². The number of anilines is 2. The molecule has 0 aliphatic heterocycles. The van der Waals surface area contributed by atoms with Crippen molar-refractivity contribution in [3.05, 3.63) is 53.9 Å². The molecule has 0 atom stereocenters. The Hall–Kier alpha value is -2.56. The fraction of sp³-hybridized carbons (Fsp3) is 0.250. The van der Waals surface area contributed by atoms with Crippen LogP contribution < -0.4 is 10.6 Å². The number of nitrogens with two attached hydrogens (primary N) is 1. The molecule has 0 aliphatic carbocycles. The molecule has 0 bridgehead atoms. The maximum Gasteiger partial charge on any atom is 0.337 e. The Morgan fingerprint density at radius 3 is 2.76 bits per heavy atom. The van der Waals surface area contributed by atoms with Gasteiger partial charge in [-0.2, -0.15) is 0 Å². The first-order valence-electron chi connectivity index (χ1n) is 6.70. The van der Waals surface area contributed by atoms with E-state index in [4.69, 9.17) is 5.73 Å². The zero-order valence-electron chi connectivity index (χ0n) is 12.2. The second kappa shape index (κ2) is 6.74. The number of benzene rings is 1. The molecule has 0 spiro atoms. The number of methoxy groups -OCH3 is 1. The third-order valence-electron chi connectivity index (χ3n) is 3.29. The highest BCUT2D eigenvalue weighted by molar-refractivity contribution is 5.91. The van der Waals surface area contributed by atoms with E-state index in [0.717, 1.165) is 24.3 Å². The molecule has 0 saturated carbocycles. The van der Waals surface area contributed by atoms with Crippen LogP contribution in [0.5, 0.6) is 0 Å². The van der Waals surface area contributed by atoms with E-state index >= 15 is 0 Å². The van der Waals surface area contributed by atoms with Crippen molar-refractivity contribution in [1.82, 2.24) is 4.98 Å². The van der Waals surface area contributed by atoms with E-state index in [1.165, 1.54) is 7.11 Å². The van der Waals surface area contributed by atoms with Gasteiger partial charge in [0.25, 0.3) is 0 Å². The summed E-state index contributed by atoms with van der Waals surface area (Å²) in [6.07, 6.45) is 2.62. The Labute approximate surface area is 124 Å². The standard InChI is InChI=1S/C16H19N3O2/c1-19(10-8-13-5-3-4-9-18-13)15-7-6-12(11-14(15)17)16(20)21-2/h3-7,9,11H,8,10,17H2,1-2H3. The smallest absolute Gasteiger partial charge is 0.337 e. The lowest BCUT2D eigenvalue weighted by molar-refractivity contribution is 0.0601. The van der Waals surface area contributed by atoms with Gasteiger partial charge in [0.1, 0.15) is 0 Å². The highest BCUT2D eigenvalue weighted by Gasteiger charge is 2.10. The quantitative estimate of drug-likeness (QED) is 0.673.